The molecule has 0 radical (unpaired) electrons. The number of rotatable bonds is 6. The zero-order chi connectivity index (χ0) is 22.1. The summed E-state index contributed by atoms with van der Waals surface area (Å²) >= 11 is 0. The van der Waals surface area contributed by atoms with Gasteiger partial charge in [0.2, 0.25) is 11.7 Å². The normalized spacial score (nSPS) is 15.6. The van der Waals surface area contributed by atoms with E-state index in [1.165, 1.54) is 26.4 Å². The summed E-state index contributed by atoms with van der Waals surface area (Å²) in [5.74, 6) is 2.10. The molecular formula is C22H23FN4O4. The van der Waals surface area contributed by atoms with Gasteiger partial charge in [-0.1, -0.05) is 12.1 Å². The first-order valence-corrected chi connectivity index (χ1v) is 9.74. The van der Waals surface area contributed by atoms with Crippen molar-refractivity contribution in [1.29, 1.82) is 0 Å². The fraction of sp³-hybridized carbons (Fsp3) is 0.318. The quantitative estimate of drug-likeness (QED) is 0.602. The van der Waals surface area contributed by atoms with Crippen molar-refractivity contribution in [3.8, 4) is 28.6 Å². The molecule has 0 saturated heterocycles. The largest absolute Gasteiger partial charge is 0.493 e. The number of methoxy groups -OCH3 is 3. The Hall–Kier alpha value is -3.62. The molecular weight excluding hydrogens is 403 g/mol. The van der Waals surface area contributed by atoms with Crippen LogP contribution in [-0.4, -0.2) is 46.9 Å². The third-order valence-electron chi connectivity index (χ3n) is 5.36. The Morgan fingerprint density at radius 3 is 2.52 bits per heavy atom. The maximum absolute atomic E-state index is 13.6. The number of amides is 1. The predicted octanol–water partition coefficient (Wildman–Crippen LogP) is 3.21. The number of carbonyl (C=O) groups is 1. The first kappa shape index (κ1) is 20.6. The minimum Gasteiger partial charge on any atom is -0.493 e. The van der Waals surface area contributed by atoms with E-state index in [0.717, 1.165) is 5.56 Å². The van der Waals surface area contributed by atoms with Gasteiger partial charge in [0.25, 0.3) is 0 Å². The molecule has 4 rings (SSSR count). The van der Waals surface area contributed by atoms with E-state index in [2.05, 4.69) is 10.2 Å². The monoisotopic (exact) mass is 426 g/mol. The Balaban J connectivity index is 1.72. The fourth-order valence-electron chi connectivity index (χ4n) is 3.91. The molecule has 0 fully saturated rings. The topological polar surface area (TPSA) is 78.7 Å². The van der Waals surface area contributed by atoms with E-state index < -0.39 is 6.04 Å². The molecule has 0 saturated carbocycles. The molecule has 1 aliphatic rings. The van der Waals surface area contributed by atoms with Gasteiger partial charge in [0, 0.05) is 6.54 Å². The van der Waals surface area contributed by atoms with Crippen molar-refractivity contribution in [2.75, 3.05) is 21.3 Å². The molecule has 162 valence electrons. The number of nitrogens with zero attached hydrogens (tertiary/aromatic N) is 4. The van der Waals surface area contributed by atoms with Gasteiger partial charge < -0.3 is 19.1 Å². The molecule has 1 aliphatic heterocycles. The molecule has 0 aliphatic carbocycles. The first-order chi connectivity index (χ1) is 15.0. The molecule has 0 N–H and O–H groups in total. The predicted molar refractivity (Wildman–Crippen MR) is 110 cm³/mol. The van der Waals surface area contributed by atoms with Crippen LogP contribution in [0.5, 0.6) is 17.2 Å². The van der Waals surface area contributed by atoms with Gasteiger partial charge in [0.05, 0.1) is 33.4 Å². The molecule has 0 spiro atoms. The van der Waals surface area contributed by atoms with Crippen molar-refractivity contribution >= 4 is 5.91 Å². The lowest BCUT2D eigenvalue weighted by molar-refractivity contribution is -0.137. The van der Waals surface area contributed by atoms with E-state index in [4.69, 9.17) is 14.2 Å². The van der Waals surface area contributed by atoms with E-state index in [9.17, 15) is 9.18 Å². The van der Waals surface area contributed by atoms with Gasteiger partial charge in [0.1, 0.15) is 11.9 Å². The molecule has 8 nitrogen and oxygen atoms in total. The molecule has 0 unspecified atom stereocenters. The average Bonchev–Trinajstić information content (AvgIpc) is 3.19. The zero-order valence-corrected chi connectivity index (χ0v) is 17.8. The van der Waals surface area contributed by atoms with Crippen molar-refractivity contribution in [1.82, 2.24) is 19.7 Å². The summed E-state index contributed by atoms with van der Waals surface area (Å²) in [6, 6.07) is 9.24. The van der Waals surface area contributed by atoms with Crippen LogP contribution in [0.4, 0.5) is 4.39 Å². The molecule has 1 atom stereocenters. The van der Waals surface area contributed by atoms with E-state index >= 15 is 0 Å². The molecule has 2 heterocycles. The van der Waals surface area contributed by atoms with E-state index in [1.807, 2.05) is 0 Å². The summed E-state index contributed by atoms with van der Waals surface area (Å²) in [6.45, 7) is 2.36. The van der Waals surface area contributed by atoms with Crippen LogP contribution in [-0.2, 0) is 17.9 Å². The van der Waals surface area contributed by atoms with Crippen LogP contribution in [0.2, 0.25) is 0 Å². The molecule has 2 aromatic carbocycles. The van der Waals surface area contributed by atoms with Crippen molar-refractivity contribution < 1.29 is 23.4 Å². The molecule has 31 heavy (non-hydrogen) atoms. The molecule has 1 aromatic heterocycles. The lowest BCUT2D eigenvalue weighted by atomic mass is 10.1. The zero-order valence-electron chi connectivity index (χ0n) is 17.8. The molecule has 1 amide bonds. The van der Waals surface area contributed by atoms with Gasteiger partial charge in [-0.2, -0.15) is 0 Å². The second kappa shape index (κ2) is 8.25. The van der Waals surface area contributed by atoms with Crippen LogP contribution in [0.15, 0.2) is 36.4 Å². The molecule has 0 bridgehead atoms. The number of halogens is 1. The van der Waals surface area contributed by atoms with Crippen molar-refractivity contribution in [3.63, 3.8) is 0 Å². The minimum absolute atomic E-state index is 0.0998. The summed E-state index contributed by atoms with van der Waals surface area (Å²) in [5, 5.41) is 8.66. The highest BCUT2D eigenvalue weighted by atomic mass is 19.1. The Kier molecular flexibility index (Phi) is 5.50. The summed E-state index contributed by atoms with van der Waals surface area (Å²) in [4.78, 5) is 14.8. The highest BCUT2D eigenvalue weighted by Crippen LogP contribution is 2.44. The summed E-state index contributed by atoms with van der Waals surface area (Å²) in [7, 11) is 4.60. The van der Waals surface area contributed by atoms with Crippen LogP contribution in [0.25, 0.3) is 11.4 Å². The highest BCUT2D eigenvalue weighted by Gasteiger charge is 2.34. The van der Waals surface area contributed by atoms with Crippen LogP contribution in [0.1, 0.15) is 24.4 Å². The third kappa shape index (κ3) is 3.56. The summed E-state index contributed by atoms with van der Waals surface area (Å²) in [5.41, 5.74) is 1.35. The van der Waals surface area contributed by atoms with E-state index in [-0.39, 0.29) is 18.3 Å². The number of ether oxygens (including phenoxy) is 3. The lowest BCUT2D eigenvalue weighted by Gasteiger charge is -2.32. The Labute approximate surface area is 179 Å². The smallest absolute Gasteiger partial charge is 0.246 e. The van der Waals surface area contributed by atoms with Gasteiger partial charge in [0.15, 0.2) is 23.1 Å². The average molecular weight is 426 g/mol. The maximum atomic E-state index is 13.6. The Morgan fingerprint density at radius 2 is 1.84 bits per heavy atom. The number of fused-ring (bicyclic) bond motifs is 1. The summed E-state index contributed by atoms with van der Waals surface area (Å²) in [6.07, 6.45) is 0. The van der Waals surface area contributed by atoms with Crippen molar-refractivity contribution in [3.05, 3.63) is 53.6 Å². The van der Waals surface area contributed by atoms with Crippen molar-refractivity contribution in [2.24, 2.45) is 0 Å². The van der Waals surface area contributed by atoms with Crippen LogP contribution in [0.3, 0.4) is 0 Å². The van der Waals surface area contributed by atoms with E-state index in [1.54, 1.807) is 47.8 Å². The first-order valence-electron chi connectivity index (χ1n) is 9.74. The number of carbonyl (C=O) groups excluding carboxylic acids is 1. The Morgan fingerprint density at radius 1 is 1.06 bits per heavy atom. The molecule has 3 aromatic rings. The number of hydrogen-bond acceptors (Lipinski definition) is 6. The number of benzene rings is 2. The standard InChI is InChI=1S/C22H23FN4O4/c1-13-22(28)26(11-14-6-5-7-15(23)10-14)12-18-24-25-21(27(13)18)16-8-9-17(29-2)20(31-4)19(16)30-3/h5-10,13H,11-12H2,1-4H3/t13-/m0/s1. The second-order valence-electron chi connectivity index (χ2n) is 7.19. The summed E-state index contributed by atoms with van der Waals surface area (Å²) < 4.78 is 31.7. The lowest BCUT2D eigenvalue weighted by Crippen LogP contribution is -2.41. The third-order valence-corrected chi connectivity index (χ3v) is 5.36. The van der Waals surface area contributed by atoms with Crippen LogP contribution >= 0.6 is 0 Å². The SMILES string of the molecule is COc1ccc(-c2nnc3n2[C@@H](C)C(=O)N(Cc2cccc(F)c2)C3)c(OC)c1OC. The number of aromatic nitrogens is 3. The van der Waals surface area contributed by atoms with Gasteiger partial charge in [-0.25, -0.2) is 4.39 Å². The van der Waals surface area contributed by atoms with Gasteiger partial charge in [-0.05, 0) is 36.8 Å². The second-order valence-corrected chi connectivity index (χ2v) is 7.19. The highest BCUT2D eigenvalue weighted by molar-refractivity contribution is 5.83. The van der Waals surface area contributed by atoms with Crippen molar-refractivity contribution in [2.45, 2.75) is 26.1 Å². The van der Waals surface area contributed by atoms with E-state index in [0.29, 0.717) is 41.0 Å². The van der Waals surface area contributed by atoms with Crippen LogP contribution in [0, 0.1) is 5.82 Å². The van der Waals surface area contributed by atoms with Gasteiger partial charge >= 0.3 is 0 Å². The Bertz CT molecular complexity index is 1130. The molecule has 9 heteroatoms. The minimum atomic E-state index is -0.542. The maximum Gasteiger partial charge on any atom is 0.246 e. The van der Waals surface area contributed by atoms with Gasteiger partial charge in [-0.3, -0.25) is 9.36 Å². The fourth-order valence-corrected chi connectivity index (χ4v) is 3.91. The number of hydrogen-bond donors (Lipinski definition) is 0. The van der Waals surface area contributed by atoms with Gasteiger partial charge in [-0.15, -0.1) is 10.2 Å². The van der Waals surface area contributed by atoms with Crippen LogP contribution < -0.4 is 14.2 Å².